The average molecular weight is 228 g/mol. The largest absolute Gasteiger partial charge is 0.382 e. The molecule has 0 aliphatic carbocycles. The zero-order valence-corrected chi connectivity index (χ0v) is 9.80. The van der Waals surface area contributed by atoms with Crippen LogP contribution in [0.4, 0.5) is 11.6 Å². The molecule has 88 valence electrons. The third-order valence-electron chi connectivity index (χ3n) is 2.45. The van der Waals surface area contributed by atoms with Crippen molar-refractivity contribution in [3.05, 3.63) is 48.3 Å². The van der Waals surface area contributed by atoms with Gasteiger partial charge < -0.3 is 11.1 Å². The molecule has 2 rings (SSSR count). The van der Waals surface area contributed by atoms with Crippen molar-refractivity contribution in [3.8, 4) is 0 Å². The molecule has 0 aliphatic rings. The van der Waals surface area contributed by atoms with E-state index in [2.05, 4.69) is 34.3 Å². The number of anilines is 2. The molecule has 1 unspecified atom stereocenters. The Morgan fingerprint density at radius 2 is 1.94 bits per heavy atom. The van der Waals surface area contributed by atoms with Crippen LogP contribution >= 0.6 is 0 Å². The van der Waals surface area contributed by atoms with Gasteiger partial charge in [0.2, 0.25) is 0 Å². The van der Waals surface area contributed by atoms with E-state index in [-0.39, 0.29) is 0 Å². The van der Waals surface area contributed by atoms with E-state index in [9.17, 15) is 0 Å². The van der Waals surface area contributed by atoms with Crippen molar-refractivity contribution < 1.29 is 0 Å². The topological polar surface area (TPSA) is 63.8 Å². The summed E-state index contributed by atoms with van der Waals surface area (Å²) in [5.41, 5.74) is 6.78. The molecule has 0 radical (unpaired) electrons. The fourth-order valence-electron chi connectivity index (χ4n) is 1.68. The molecule has 3 N–H and O–H groups in total. The molecule has 1 atom stereocenters. The first-order valence-corrected chi connectivity index (χ1v) is 5.62. The minimum absolute atomic E-state index is 0.301. The number of aromatic nitrogens is 2. The lowest BCUT2D eigenvalue weighted by atomic mass is 10.1. The number of nitrogens with zero attached hydrogens (tertiary/aromatic N) is 2. The lowest BCUT2D eigenvalue weighted by molar-refractivity contribution is 0.783. The lowest BCUT2D eigenvalue weighted by Gasteiger charge is -2.14. The second kappa shape index (κ2) is 5.30. The van der Waals surface area contributed by atoms with Crippen molar-refractivity contribution in [2.45, 2.75) is 19.4 Å². The van der Waals surface area contributed by atoms with Crippen LogP contribution in [0.25, 0.3) is 0 Å². The molecule has 4 heteroatoms. The molecular weight excluding hydrogens is 212 g/mol. The van der Waals surface area contributed by atoms with Crippen LogP contribution in [0.2, 0.25) is 0 Å². The Bertz CT molecular complexity index is 453. The van der Waals surface area contributed by atoms with Gasteiger partial charge in [0.25, 0.3) is 0 Å². The summed E-state index contributed by atoms with van der Waals surface area (Å²) < 4.78 is 0. The summed E-state index contributed by atoms with van der Waals surface area (Å²) in [7, 11) is 0. The number of rotatable bonds is 4. The van der Waals surface area contributed by atoms with E-state index in [1.807, 2.05) is 18.2 Å². The molecule has 0 saturated carbocycles. The first-order chi connectivity index (χ1) is 8.24. The van der Waals surface area contributed by atoms with Gasteiger partial charge in [-0.3, -0.25) is 0 Å². The van der Waals surface area contributed by atoms with Crippen LogP contribution in [-0.2, 0) is 6.42 Å². The van der Waals surface area contributed by atoms with Crippen LogP contribution in [0.15, 0.2) is 42.7 Å². The quantitative estimate of drug-likeness (QED) is 0.841. The second-order valence-electron chi connectivity index (χ2n) is 4.06. The maximum Gasteiger partial charge on any atom is 0.144 e. The Morgan fingerprint density at radius 1 is 1.18 bits per heavy atom. The summed E-state index contributed by atoms with van der Waals surface area (Å²) in [6.07, 6.45) is 4.15. The van der Waals surface area contributed by atoms with E-state index >= 15 is 0 Å². The molecule has 0 fully saturated rings. The zero-order chi connectivity index (χ0) is 12.1. The van der Waals surface area contributed by atoms with Gasteiger partial charge in [-0.2, -0.15) is 0 Å². The smallest absolute Gasteiger partial charge is 0.144 e. The average Bonchev–Trinajstić information content (AvgIpc) is 2.33. The Balaban J connectivity index is 1.93. The maximum atomic E-state index is 5.48. The fourth-order valence-corrected chi connectivity index (χ4v) is 1.68. The minimum atomic E-state index is 0.301. The summed E-state index contributed by atoms with van der Waals surface area (Å²) in [5, 5.41) is 3.29. The van der Waals surface area contributed by atoms with E-state index in [1.54, 1.807) is 12.4 Å². The number of nitrogens with one attached hydrogen (secondary N) is 1. The highest BCUT2D eigenvalue weighted by atomic mass is 15.0. The number of hydrogen-bond donors (Lipinski definition) is 2. The van der Waals surface area contributed by atoms with E-state index in [0.717, 1.165) is 12.2 Å². The normalized spacial score (nSPS) is 12.1. The Morgan fingerprint density at radius 3 is 2.59 bits per heavy atom. The first kappa shape index (κ1) is 11.4. The third-order valence-corrected chi connectivity index (χ3v) is 2.45. The fraction of sp³-hybridized carbons (Fsp3) is 0.231. The molecule has 0 spiro atoms. The molecule has 0 saturated heterocycles. The van der Waals surface area contributed by atoms with E-state index in [0.29, 0.717) is 11.9 Å². The molecule has 4 nitrogen and oxygen atoms in total. The number of nitrogens with two attached hydrogens (primary N) is 1. The highest BCUT2D eigenvalue weighted by Gasteiger charge is 2.04. The molecule has 0 aliphatic heterocycles. The van der Waals surface area contributed by atoms with Gasteiger partial charge in [0.1, 0.15) is 11.6 Å². The summed E-state index contributed by atoms with van der Waals surface area (Å²) in [5.74, 6) is 1.19. The van der Waals surface area contributed by atoms with Gasteiger partial charge in [0.05, 0.1) is 12.4 Å². The van der Waals surface area contributed by atoms with Crippen LogP contribution < -0.4 is 11.1 Å². The van der Waals surface area contributed by atoms with Gasteiger partial charge >= 0.3 is 0 Å². The number of benzene rings is 1. The van der Waals surface area contributed by atoms with E-state index in [4.69, 9.17) is 5.73 Å². The zero-order valence-electron chi connectivity index (χ0n) is 9.80. The molecule has 2 aromatic rings. The van der Waals surface area contributed by atoms with Crippen LogP contribution in [0.3, 0.4) is 0 Å². The summed E-state index contributed by atoms with van der Waals surface area (Å²) >= 11 is 0. The molecule has 1 heterocycles. The Hall–Kier alpha value is -2.10. The van der Waals surface area contributed by atoms with E-state index in [1.165, 1.54) is 5.56 Å². The van der Waals surface area contributed by atoms with E-state index < -0.39 is 0 Å². The highest BCUT2D eigenvalue weighted by Crippen LogP contribution is 2.08. The molecule has 1 aromatic carbocycles. The summed E-state index contributed by atoms with van der Waals surface area (Å²) in [6.45, 7) is 2.12. The summed E-state index contributed by atoms with van der Waals surface area (Å²) in [6, 6.07) is 10.7. The Kier molecular flexibility index (Phi) is 3.55. The van der Waals surface area contributed by atoms with Crippen LogP contribution in [0.5, 0.6) is 0 Å². The highest BCUT2D eigenvalue weighted by molar-refractivity contribution is 5.37. The van der Waals surface area contributed by atoms with Crippen molar-refractivity contribution in [1.82, 2.24) is 9.97 Å². The monoisotopic (exact) mass is 228 g/mol. The SMILES string of the molecule is CC(Cc1ccccc1)Nc1cnc(N)cn1. The molecule has 0 bridgehead atoms. The number of hydrogen-bond acceptors (Lipinski definition) is 4. The van der Waals surface area contributed by atoms with Gasteiger partial charge in [-0.05, 0) is 18.9 Å². The predicted molar refractivity (Wildman–Crippen MR) is 69.7 cm³/mol. The van der Waals surface area contributed by atoms with Gasteiger partial charge in [0.15, 0.2) is 0 Å². The second-order valence-corrected chi connectivity index (χ2v) is 4.06. The van der Waals surface area contributed by atoms with Gasteiger partial charge in [-0.15, -0.1) is 0 Å². The van der Waals surface area contributed by atoms with Crippen molar-refractivity contribution >= 4 is 11.6 Å². The minimum Gasteiger partial charge on any atom is -0.382 e. The molecular formula is C13H16N4. The van der Waals surface area contributed by atoms with Crippen molar-refractivity contribution in [1.29, 1.82) is 0 Å². The predicted octanol–water partition coefficient (Wildman–Crippen LogP) is 2.10. The first-order valence-electron chi connectivity index (χ1n) is 5.62. The van der Waals surface area contributed by atoms with Crippen LogP contribution in [-0.4, -0.2) is 16.0 Å². The molecule has 1 aromatic heterocycles. The van der Waals surface area contributed by atoms with Crippen molar-refractivity contribution in [3.63, 3.8) is 0 Å². The third kappa shape index (κ3) is 3.45. The standard InChI is InChI=1S/C13H16N4/c1-10(7-11-5-3-2-4-6-11)17-13-9-15-12(14)8-16-13/h2-6,8-10H,7H2,1H3,(H2,14,15)(H,16,17). The molecule has 17 heavy (non-hydrogen) atoms. The van der Waals surface area contributed by atoms with Gasteiger partial charge in [-0.1, -0.05) is 30.3 Å². The van der Waals surface area contributed by atoms with Crippen LogP contribution in [0.1, 0.15) is 12.5 Å². The number of nitrogen functional groups attached to an aromatic ring is 1. The van der Waals surface area contributed by atoms with Crippen molar-refractivity contribution in [2.75, 3.05) is 11.1 Å². The van der Waals surface area contributed by atoms with Gasteiger partial charge in [-0.25, -0.2) is 9.97 Å². The van der Waals surface area contributed by atoms with Crippen molar-refractivity contribution in [2.24, 2.45) is 0 Å². The molecule has 0 amide bonds. The summed E-state index contributed by atoms with van der Waals surface area (Å²) in [4.78, 5) is 8.15. The Labute approximate surface area is 101 Å². The lowest BCUT2D eigenvalue weighted by Crippen LogP contribution is -2.19. The van der Waals surface area contributed by atoms with Gasteiger partial charge in [0, 0.05) is 6.04 Å². The maximum absolute atomic E-state index is 5.48. The van der Waals surface area contributed by atoms with Crippen LogP contribution in [0, 0.1) is 0 Å².